The molecule has 0 aliphatic carbocycles. The van der Waals surface area contributed by atoms with E-state index in [-0.39, 0.29) is 5.82 Å². The molecule has 0 atom stereocenters. The fourth-order valence-corrected chi connectivity index (χ4v) is 3.56. The Kier molecular flexibility index (Phi) is 5.95. The van der Waals surface area contributed by atoms with E-state index in [1.165, 1.54) is 0 Å². The Labute approximate surface area is 168 Å². The Balaban J connectivity index is 1.34. The van der Waals surface area contributed by atoms with Crippen molar-refractivity contribution in [2.45, 2.75) is 13.1 Å². The smallest absolute Gasteiger partial charge is 0.146 e. The SMILES string of the molecule is Fc1cc(CNCc2ccc(-c3ccccc3Cl)o2)ccc1N1CCOCC1. The van der Waals surface area contributed by atoms with E-state index in [2.05, 4.69) is 5.32 Å². The molecule has 3 aromatic rings. The van der Waals surface area contributed by atoms with Gasteiger partial charge in [0.25, 0.3) is 0 Å². The molecule has 1 saturated heterocycles. The average Bonchev–Trinajstić information content (AvgIpc) is 3.18. The van der Waals surface area contributed by atoms with Crippen LogP contribution in [0.5, 0.6) is 0 Å². The molecule has 0 amide bonds. The molecule has 1 fully saturated rings. The van der Waals surface area contributed by atoms with Crippen molar-refractivity contribution in [2.75, 3.05) is 31.2 Å². The summed E-state index contributed by atoms with van der Waals surface area (Å²) in [6, 6.07) is 16.8. The van der Waals surface area contributed by atoms with Gasteiger partial charge in [-0.25, -0.2) is 4.39 Å². The number of hydrogen-bond donors (Lipinski definition) is 1. The first-order valence-corrected chi connectivity index (χ1v) is 9.74. The van der Waals surface area contributed by atoms with Crippen LogP contribution >= 0.6 is 11.6 Å². The lowest BCUT2D eigenvalue weighted by Gasteiger charge is -2.29. The molecule has 4 nitrogen and oxygen atoms in total. The molecule has 1 aliphatic rings. The molecular weight excluding hydrogens is 379 g/mol. The number of benzene rings is 2. The quantitative estimate of drug-likeness (QED) is 0.640. The highest BCUT2D eigenvalue weighted by molar-refractivity contribution is 6.33. The molecule has 6 heteroatoms. The van der Waals surface area contributed by atoms with Crippen LogP contribution in [0.2, 0.25) is 5.02 Å². The van der Waals surface area contributed by atoms with Gasteiger partial charge in [0.15, 0.2) is 0 Å². The van der Waals surface area contributed by atoms with E-state index < -0.39 is 0 Å². The average molecular weight is 401 g/mol. The van der Waals surface area contributed by atoms with Gasteiger partial charge in [0.05, 0.1) is 30.5 Å². The highest BCUT2D eigenvalue weighted by Gasteiger charge is 2.15. The lowest BCUT2D eigenvalue weighted by molar-refractivity contribution is 0.122. The minimum atomic E-state index is -0.194. The second kappa shape index (κ2) is 8.78. The zero-order valence-electron chi connectivity index (χ0n) is 15.5. The number of nitrogens with zero attached hydrogens (tertiary/aromatic N) is 1. The predicted molar refractivity (Wildman–Crippen MR) is 109 cm³/mol. The summed E-state index contributed by atoms with van der Waals surface area (Å²) >= 11 is 6.21. The summed E-state index contributed by atoms with van der Waals surface area (Å²) in [5.74, 6) is 1.35. The second-order valence-electron chi connectivity index (χ2n) is 6.73. The van der Waals surface area contributed by atoms with Crippen LogP contribution in [0.1, 0.15) is 11.3 Å². The Hall–Kier alpha value is -2.34. The van der Waals surface area contributed by atoms with Crippen LogP contribution in [0, 0.1) is 5.82 Å². The molecule has 0 saturated carbocycles. The van der Waals surface area contributed by atoms with Crippen LogP contribution in [-0.2, 0) is 17.8 Å². The number of rotatable bonds is 6. The Morgan fingerprint density at radius 3 is 2.61 bits per heavy atom. The van der Waals surface area contributed by atoms with Crippen molar-refractivity contribution in [1.29, 1.82) is 0 Å². The number of furan rings is 1. The van der Waals surface area contributed by atoms with E-state index in [1.54, 1.807) is 6.07 Å². The number of morpholine rings is 1. The molecule has 146 valence electrons. The topological polar surface area (TPSA) is 37.6 Å². The van der Waals surface area contributed by atoms with Crippen LogP contribution in [0.4, 0.5) is 10.1 Å². The molecule has 0 unspecified atom stereocenters. The Morgan fingerprint density at radius 1 is 1.00 bits per heavy atom. The number of nitrogens with one attached hydrogen (secondary N) is 1. The van der Waals surface area contributed by atoms with Gasteiger partial charge in [0.1, 0.15) is 17.3 Å². The lowest BCUT2D eigenvalue weighted by atomic mass is 10.1. The summed E-state index contributed by atoms with van der Waals surface area (Å²) in [4.78, 5) is 2.02. The standard InChI is InChI=1S/C22H22ClFN2O2/c23-19-4-2-1-3-18(19)22-8-6-17(28-22)15-25-14-16-5-7-21(20(24)13-16)26-9-11-27-12-10-26/h1-8,13,25H,9-12,14-15H2. The van der Waals surface area contributed by atoms with Crippen LogP contribution in [0.15, 0.2) is 59.0 Å². The summed E-state index contributed by atoms with van der Waals surface area (Å²) in [7, 11) is 0. The van der Waals surface area contributed by atoms with Crippen molar-refractivity contribution in [1.82, 2.24) is 5.32 Å². The number of ether oxygens (including phenoxy) is 1. The first-order chi connectivity index (χ1) is 13.7. The van der Waals surface area contributed by atoms with Gasteiger partial charge in [0.2, 0.25) is 0 Å². The normalized spacial score (nSPS) is 14.4. The highest BCUT2D eigenvalue weighted by Crippen LogP contribution is 2.29. The van der Waals surface area contributed by atoms with Gasteiger partial charge < -0.3 is 19.4 Å². The minimum Gasteiger partial charge on any atom is -0.460 e. The van der Waals surface area contributed by atoms with E-state index in [0.29, 0.717) is 37.0 Å². The fraction of sp³-hybridized carbons (Fsp3) is 0.273. The van der Waals surface area contributed by atoms with Crippen LogP contribution < -0.4 is 10.2 Å². The van der Waals surface area contributed by atoms with Gasteiger partial charge in [-0.1, -0.05) is 29.8 Å². The van der Waals surface area contributed by atoms with Gasteiger partial charge in [-0.2, -0.15) is 0 Å². The molecular formula is C22H22ClFN2O2. The highest BCUT2D eigenvalue weighted by atomic mass is 35.5. The van der Waals surface area contributed by atoms with Crippen molar-refractivity contribution >= 4 is 17.3 Å². The molecule has 28 heavy (non-hydrogen) atoms. The van der Waals surface area contributed by atoms with Crippen LogP contribution in [0.3, 0.4) is 0 Å². The third-order valence-corrected chi connectivity index (χ3v) is 5.12. The Morgan fingerprint density at radius 2 is 1.82 bits per heavy atom. The van der Waals surface area contributed by atoms with E-state index in [0.717, 1.165) is 35.7 Å². The third kappa shape index (κ3) is 4.38. The number of anilines is 1. The van der Waals surface area contributed by atoms with Gasteiger partial charge in [-0.3, -0.25) is 0 Å². The summed E-state index contributed by atoms with van der Waals surface area (Å²) < 4.78 is 25.7. The fourth-order valence-electron chi connectivity index (χ4n) is 3.33. The summed E-state index contributed by atoms with van der Waals surface area (Å²) in [6.45, 7) is 3.84. The summed E-state index contributed by atoms with van der Waals surface area (Å²) in [6.07, 6.45) is 0. The maximum Gasteiger partial charge on any atom is 0.146 e. The third-order valence-electron chi connectivity index (χ3n) is 4.79. The van der Waals surface area contributed by atoms with E-state index in [4.69, 9.17) is 20.8 Å². The first-order valence-electron chi connectivity index (χ1n) is 9.36. The van der Waals surface area contributed by atoms with Crippen molar-refractivity contribution in [3.63, 3.8) is 0 Å². The van der Waals surface area contributed by atoms with Crippen molar-refractivity contribution < 1.29 is 13.5 Å². The van der Waals surface area contributed by atoms with Crippen LogP contribution in [-0.4, -0.2) is 26.3 Å². The summed E-state index contributed by atoms with van der Waals surface area (Å²) in [5, 5.41) is 3.96. The van der Waals surface area contributed by atoms with E-state index >= 15 is 0 Å². The van der Waals surface area contributed by atoms with Crippen molar-refractivity contribution in [2.24, 2.45) is 0 Å². The van der Waals surface area contributed by atoms with Crippen molar-refractivity contribution in [3.8, 4) is 11.3 Å². The first kappa shape index (κ1) is 19.0. The monoisotopic (exact) mass is 400 g/mol. The molecule has 0 spiro atoms. The molecule has 1 aromatic heterocycles. The molecule has 2 aromatic carbocycles. The predicted octanol–water partition coefficient (Wildman–Crippen LogP) is 4.87. The molecule has 4 rings (SSSR count). The van der Waals surface area contributed by atoms with Crippen molar-refractivity contribution in [3.05, 3.63) is 76.8 Å². The van der Waals surface area contributed by atoms with E-state index in [1.807, 2.05) is 53.4 Å². The number of hydrogen-bond acceptors (Lipinski definition) is 4. The van der Waals surface area contributed by atoms with E-state index in [9.17, 15) is 4.39 Å². The van der Waals surface area contributed by atoms with Gasteiger partial charge in [-0.15, -0.1) is 0 Å². The zero-order valence-corrected chi connectivity index (χ0v) is 16.2. The molecule has 0 radical (unpaired) electrons. The van der Waals surface area contributed by atoms with Crippen LogP contribution in [0.25, 0.3) is 11.3 Å². The second-order valence-corrected chi connectivity index (χ2v) is 7.14. The van der Waals surface area contributed by atoms with Gasteiger partial charge >= 0.3 is 0 Å². The lowest BCUT2D eigenvalue weighted by Crippen LogP contribution is -2.36. The molecule has 1 N–H and O–H groups in total. The molecule has 0 bridgehead atoms. The van der Waals surface area contributed by atoms with Gasteiger partial charge in [0, 0.05) is 25.2 Å². The van der Waals surface area contributed by atoms with Gasteiger partial charge in [-0.05, 0) is 42.0 Å². The maximum atomic E-state index is 14.5. The molecule has 2 heterocycles. The Bertz CT molecular complexity index is 938. The minimum absolute atomic E-state index is 0.194. The zero-order chi connectivity index (χ0) is 19.3. The summed E-state index contributed by atoms with van der Waals surface area (Å²) in [5.41, 5.74) is 2.41. The molecule has 1 aliphatic heterocycles. The number of halogens is 2. The maximum absolute atomic E-state index is 14.5. The largest absolute Gasteiger partial charge is 0.460 e.